The molecular formula is C37H49N3O6. The first-order valence-electron chi connectivity index (χ1n) is 16.1. The maximum Gasteiger partial charge on any atom is 0.408 e. The molecule has 3 rings (SSSR count). The minimum atomic E-state index is -1.04. The maximum absolute atomic E-state index is 14.6. The van der Waals surface area contributed by atoms with Crippen LogP contribution in [0.2, 0.25) is 0 Å². The Kier molecular flexibility index (Phi) is 13.9. The lowest BCUT2D eigenvalue weighted by atomic mass is 9.99. The summed E-state index contributed by atoms with van der Waals surface area (Å²) >= 11 is 0. The fraction of sp³-hybridized carbons (Fsp3) is 0.432. The molecule has 46 heavy (non-hydrogen) atoms. The van der Waals surface area contributed by atoms with Crippen LogP contribution in [0.5, 0.6) is 11.5 Å². The summed E-state index contributed by atoms with van der Waals surface area (Å²) in [7, 11) is 1.57. The number of aromatic hydroxyl groups is 1. The fourth-order valence-corrected chi connectivity index (χ4v) is 5.14. The zero-order valence-corrected chi connectivity index (χ0v) is 27.8. The van der Waals surface area contributed by atoms with Gasteiger partial charge in [0.1, 0.15) is 29.2 Å². The van der Waals surface area contributed by atoms with Crippen LogP contribution >= 0.6 is 0 Å². The smallest absolute Gasteiger partial charge is 0.408 e. The van der Waals surface area contributed by atoms with Gasteiger partial charge in [0.05, 0.1) is 7.11 Å². The van der Waals surface area contributed by atoms with E-state index >= 15 is 0 Å². The Morgan fingerprint density at radius 1 is 0.848 bits per heavy atom. The first kappa shape index (κ1) is 35.9. The molecule has 0 saturated heterocycles. The number of methoxy groups -OCH3 is 1. The molecule has 0 saturated carbocycles. The second-order valence-corrected chi connectivity index (χ2v) is 12.4. The lowest BCUT2D eigenvalue weighted by Crippen LogP contribution is -2.53. The highest BCUT2D eigenvalue weighted by Crippen LogP contribution is 2.27. The summed E-state index contributed by atoms with van der Waals surface area (Å²) in [6.45, 7) is 7.73. The van der Waals surface area contributed by atoms with Gasteiger partial charge in [-0.15, -0.1) is 0 Å². The van der Waals surface area contributed by atoms with E-state index in [1.54, 1.807) is 69.2 Å². The van der Waals surface area contributed by atoms with Crippen molar-refractivity contribution in [1.82, 2.24) is 10.2 Å². The number of nitrogens with zero attached hydrogens (tertiary/aromatic N) is 1. The number of ether oxygens (including phenoxy) is 2. The number of alkyl carbamates (subject to hydrolysis) is 1. The molecule has 2 unspecified atom stereocenters. The van der Waals surface area contributed by atoms with E-state index < -0.39 is 29.7 Å². The standard InChI is InChI=1S/C37H49N3O6/c1-6-7-8-9-10-14-25-40(33(28-15-12-11-13-16-28)34(42)38-29-19-23-31(45-5)24-20-29)35(43)32(39-36(44)46-37(2,3)4)26-27-17-21-30(41)22-18-27/h11-13,15-24,32-33,41H,6-10,14,25-26H2,1-5H3,(H,38,42)(H,39,44). The number of anilines is 1. The first-order valence-corrected chi connectivity index (χ1v) is 16.1. The zero-order chi connectivity index (χ0) is 33.5. The lowest BCUT2D eigenvalue weighted by Gasteiger charge is -2.34. The second kappa shape index (κ2) is 17.8. The SMILES string of the molecule is CCCCCCCCN(C(=O)C(Cc1ccc(O)cc1)NC(=O)OC(C)(C)C)C(C(=O)Nc1ccc(OC)cc1)c1ccccc1. The molecule has 0 aliphatic heterocycles. The van der Waals surface area contributed by atoms with Crippen molar-refractivity contribution in [3.05, 3.63) is 90.0 Å². The summed E-state index contributed by atoms with van der Waals surface area (Å²) in [6, 6.07) is 20.7. The molecule has 0 aromatic heterocycles. The number of amides is 3. The average molecular weight is 632 g/mol. The monoisotopic (exact) mass is 631 g/mol. The molecule has 0 spiro atoms. The Morgan fingerprint density at radius 2 is 1.48 bits per heavy atom. The summed E-state index contributed by atoms with van der Waals surface area (Å²) < 4.78 is 10.8. The maximum atomic E-state index is 14.6. The highest BCUT2D eigenvalue weighted by atomic mass is 16.6. The second-order valence-electron chi connectivity index (χ2n) is 12.4. The van der Waals surface area contributed by atoms with Crippen LogP contribution in [0, 0.1) is 0 Å². The van der Waals surface area contributed by atoms with E-state index in [1.165, 1.54) is 12.1 Å². The third-order valence-corrected chi connectivity index (χ3v) is 7.43. The number of carbonyl (C=O) groups is 3. The average Bonchev–Trinajstić information content (AvgIpc) is 3.02. The van der Waals surface area contributed by atoms with Crippen molar-refractivity contribution in [2.45, 2.75) is 90.3 Å². The van der Waals surface area contributed by atoms with Gasteiger partial charge in [-0.3, -0.25) is 9.59 Å². The van der Waals surface area contributed by atoms with Gasteiger partial charge in [0.25, 0.3) is 5.91 Å². The van der Waals surface area contributed by atoms with E-state index in [2.05, 4.69) is 17.6 Å². The number of nitrogens with one attached hydrogen (secondary N) is 2. The molecule has 3 aromatic carbocycles. The molecule has 0 fully saturated rings. The summed E-state index contributed by atoms with van der Waals surface area (Å²) in [6.07, 6.45) is 5.39. The van der Waals surface area contributed by atoms with Crippen LogP contribution in [0.25, 0.3) is 0 Å². The van der Waals surface area contributed by atoms with Gasteiger partial charge in [-0.1, -0.05) is 81.5 Å². The van der Waals surface area contributed by atoms with Gasteiger partial charge >= 0.3 is 6.09 Å². The Morgan fingerprint density at radius 3 is 2.09 bits per heavy atom. The predicted octanol–water partition coefficient (Wildman–Crippen LogP) is 7.41. The lowest BCUT2D eigenvalue weighted by molar-refractivity contribution is -0.140. The Hall–Kier alpha value is -4.53. The van der Waals surface area contributed by atoms with Gasteiger partial charge in [-0.2, -0.15) is 0 Å². The van der Waals surface area contributed by atoms with Gasteiger partial charge in [0.15, 0.2) is 0 Å². The van der Waals surface area contributed by atoms with Crippen LogP contribution in [0.4, 0.5) is 10.5 Å². The molecule has 0 heterocycles. The molecule has 9 heteroatoms. The van der Waals surface area contributed by atoms with Gasteiger partial charge < -0.3 is 30.1 Å². The highest BCUT2D eigenvalue weighted by Gasteiger charge is 2.36. The van der Waals surface area contributed by atoms with Crippen LogP contribution < -0.4 is 15.4 Å². The van der Waals surface area contributed by atoms with E-state index in [-0.39, 0.29) is 18.1 Å². The molecule has 0 aliphatic rings. The normalized spacial score (nSPS) is 12.5. The van der Waals surface area contributed by atoms with Crippen LogP contribution in [-0.2, 0) is 20.7 Å². The highest BCUT2D eigenvalue weighted by molar-refractivity contribution is 5.99. The quantitative estimate of drug-likeness (QED) is 0.142. The van der Waals surface area contributed by atoms with Gasteiger partial charge in [-0.25, -0.2) is 4.79 Å². The minimum absolute atomic E-state index is 0.0933. The molecule has 248 valence electrons. The summed E-state index contributed by atoms with van der Waals surface area (Å²) in [5, 5.41) is 15.6. The van der Waals surface area contributed by atoms with Crippen LogP contribution in [0.15, 0.2) is 78.9 Å². The van der Waals surface area contributed by atoms with E-state index in [0.717, 1.165) is 37.7 Å². The molecule has 3 amide bonds. The van der Waals surface area contributed by atoms with Crippen molar-refractivity contribution in [3.63, 3.8) is 0 Å². The molecule has 0 bridgehead atoms. The number of phenols is 1. The molecule has 2 atom stereocenters. The van der Waals surface area contributed by atoms with E-state index in [9.17, 15) is 19.5 Å². The first-order chi connectivity index (χ1) is 22.0. The van der Waals surface area contributed by atoms with Crippen LogP contribution in [0.1, 0.15) is 83.4 Å². The van der Waals surface area contributed by atoms with Crippen molar-refractivity contribution in [2.24, 2.45) is 0 Å². The van der Waals surface area contributed by atoms with E-state index in [0.29, 0.717) is 30.0 Å². The number of unbranched alkanes of at least 4 members (excludes halogenated alkanes) is 5. The third kappa shape index (κ3) is 11.8. The Balaban J connectivity index is 2.01. The van der Waals surface area contributed by atoms with Crippen LogP contribution in [-0.4, -0.2) is 53.2 Å². The largest absolute Gasteiger partial charge is 0.508 e. The van der Waals surface area contributed by atoms with Crippen molar-refractivity contribution in [3.8, 4) is 11.5 Å². The molecule has 9 nitrogen and oxygen atoms in total. The number of hydrogen-bond acceptors (Lipinski definition) is 6. The van der Waals surface area contributed by atoms with Gasteiger partial charge in [-0.05, 0) is 74.7 Å². The van der Waals surface area contributed by atoms with Crippen molar-refractivity contribution < 1.29 is 29.0 Å². The van der Waals surface area contributed by atoms with Crippen molar-refractivity contribution >= 4 is 23.6 Å². The fourth-order valence-electron chi connectivity index (χ4n) is 5.14. The summed E-state index contributed by atoms with van der Waals surface area (Å²) in [4.78, 5) is 43.4. The number of hydrogen-bond donors (Lipinski definition) is 3. The molecule has 3 aromatic rings. The minimum Gasteiger partial charge on any atom is -0.508 e. The number of benzene rings is 3. The molecular weight excluding hydrogens is 582 g/mol. The number of rotatable bonds is 16. The van der Waals surface area contributed by atoms with Crippen molar-refractivity contribution in [1.29, 1.82) is 0 Å². The number of carbonyl (C=O) groups excluding carboxylic acids is 3. The topological polar surface area (TPSA) is 117 Å². The Labute approximate surface area is 273 Å². The number of phenolic OH excluding ortho intramolecular Hbond substituents is 1. The zero-order valence-electron chi connectivity index (χ0n) is 27.8. The predicted molar refractivity (Wildman–Crippen MR) is 181 cm³/mol. The van der Waals surface area contributed by atoms with E-state index in [4.69, 9.17) is 9.47 Å². The summed E-state index contributed by atoms with van der Waals surface area (Å²) in [5.74, 6) is -0.0406. The molecule has 0 aliphatic carbocycles. The Bertz CT molecular complexity index is 1370. The van der Waals surface area contributed by atoms with Gasteiger partial charge in [0, 0.05) is 18.7 Å². The van der Waals surface area contributed by atoms with Gasteiger partial charge in [0.2, 0.25) is 5.91 Å². The van der Waals surface area contributed by atoms with E-state index in [1.807, 2.05) is 30.3 Å². The van der Waals surface area contributed by atoms with Crippen molar-refractivity contribution in [2.75, 3.05) is 19.0 Å². The van der Waals surface area contributed by atoms with Crippen LogP contribution in [0.3, 0.4) is 0 Å². The molecule has 0 radical (unpaired) electrons. The third-order valence-electron chi connectivity index (χ3n) is 7.43. The molecule has 3 N–H and O–H groups in total. The summed E-state index contributed by atoms with van der Waals surface area (Å²) in [5.41, 5.74) is 1.16.